The summed E-state index contributed by atoms with van der Waals surface area (Å²) >= 11 is 1.75. The molecule has 2 aromatic carbocycles. The van der Waals surface area contributed by atoms with Crippen molar-refractivity contribution < 1.29 is 0 Å². The molecule has 0 fully saturated rings. The molecule has 2 nitrogen and oxygen atoms in total. The number of hydrogen-bond donors (Lipinski definition) is 0. The van der Waals surface area contributed by atoms with E-state index >= 15 is 0 Å². The third kappa shape index (κ3) is 3.70. The first-order chi connectivity index (χ1) is 10.8. The molecule has 0 aliphatic carbocycles. The smallest absolute Gasteiger partial charge is 0.193 e. The molecular weight excluding hydrogens is 288 g/mol. The number of rotatable bonds is 4. The van der Waals surface area contributed by atoms with E-state index in [4.69, 9.17) is 0 Å². The number of benzene rings is 2. The van der Waals surface area contributed by atoms with Crippen molar-refractivity contribution >= 4 is 11.8 Å². The van der Waals surface area contributed by atoms with Crippen molar-refractivity contribution in [2.24, 2.45) is 0 Å². The van der Waals surface area contributed by atoms with Crippen LogP contribution in [0.2, 0.25) is 0 Å². The van der Waals surface area contributed by atoms with Gasteiger partial charge in [0.1, 0.15) is 0 Å². The molecule has 0 saturated heterocycles. The standard InChI is InChI=1S/C17H14N2S.C2H6/c1-20-11-14-7-9-16(10-8-14)17(12-18,13-19)15-5-3-2-4-6-15;1-2/h2-10H,11H2,1H3;1-2H3. The molecule has 0 saturated carbocycles. The minimum absolute atomic E-state index is 0.711. The van der Waals surface area contributed by atoms with E-state index in [2.05, 4.69) is 12.1 Å². The Morgan fingerprint density at radius 1 is 0.864 bits per heavy atom. The predicted octanol–water partition coefficient (Wildman–Crippen LogP) is 4.91. The molecule has 0 aromatic heterocycles. The number of thioether (sulfide) groups is 1. The van der Waals surface area contributed by atoms with Gasteiger partial charge in [0.05, 0.1) is 12.1 Å². The molecule has 0 heterocycles. The van der Waals surface area contributed by atoms with E-state index in [0.717, 1.165) is 11.3 Å². The first-order valence-corrected chi connectivity index (χ1v) is 8.62. The molecule has 0 aliphatic heterocycles. The van der Waals surface area contributed by atoms with Gasteiger partial charge in [-0.05, 0) is 22.9 Å². The molecule has 0 bridgehead atoms. The van der Waals surface area contributed by atoms with Crippen LogP contribution in [0.15, 0.2) is 54.6 Å². The molecule has 0 spiro atoms. The summed E-state index contributed by atoms with van der Waals surface area (Å²) in [6, 6.07) is 21.3. The van der Waals surface area contributed by atoms with E-state index in [-0.39, 0.29) is 0 Å². The van der Waals surface area contributed by atoms with Gasteiger partial charge in [0.15, 0.2) is 5.41 Å². The maximum atomic E-state index is 9.58. The Balaban J connectivity index is 0.00000116. The Morgan fingerprint density at radius 2 is 1.36 bits per heavy atom. The summed E-state index contributed by atoms with van der Waals surface area (Å²) in [4.78, 5) is 0. The lowest BCUT2D eigenvalue weighted by molar-refractivity contribution is 0.847. The van der Waals surface area contributed by atoms with E-state index < -0.39 is 5.41 Å². The molecular formula is C19H20N2S. The van der Waals surface area contributed by atoms with E-state index in [1.807, 2.05) is 74.7 Å². The van der Waals surface area contributed by atoms with E-state index in [9.17, 15) is 10.5 Å². The fraction of sp³-hybridized carbons (Fsp3) is 0.263. The topological polar surface area (TPSA) is 47.6 Å². The molecule has 0 radical (unpaired) electrons. The van der Waals surface area contributed by atoms with Gasteiger partial charge in [-0.3, -0.25) is 0 Å². The highest BCUT2D eigenvalue weighted by molar-refractivity contribution is 7.97. The Kier molecular flexibility index (Phi) is 7.23. The van der Waals surface area contributed by atoms with Gasteiger partial charge in [-0.1, -0.05) is 68.4 Å². The van der Waals surface area contributed by atoms with Gasteiger partial charge in [0.2, 0.25) is 0 Å². The van der Waals surface area contributed by atoms with E-state index in [1.165, 1.54) is 5.56 Å². The quantitative estimate of drug-likeness (QED) is 0.806. The van der Waals surface area contributed by atoms with Crippen LogP contribution in [0.1, 0.15) is 30.5 Å². The van der Waals surface area contributed by atoms with Crippen LogP contribution in [0.25, 0.3) is 0 Å². The second-order valence-electron chi connectivity index (χ2n) is 4.47. The normalized spacial score (nSPS) is 9.86. The van der Waals surface area contributed by atoms with E-state index in [0.29, 0.717) is 5.56 Å². The van der Waals surface area contributed by atoms with Gasteiger partial charge in [0, 0.05) is 5.75 Å². The van der Waals surface area contributed by atoms with Gasteiger partial charge in [-0.2, -0.15) is 22.3 Å². The SMILES string of the molecule is CC.CSCc1ccc(C(C#N)(C#N)c2ccccc2)cc1. The molecule has 2 aromatic rings. The monoisotopic (exact) mass is 308 g/mol. The molecule has 0 N–H and O–H groups in total. The van der Waals surface area contributed by atoms with Gasteiger partial charge < -0.3 is 0 Å². The summed E-state index contributed by atoms with van der Waals surface area (Å²) in [5.74, 6) is 0.928. The van der Waals surface area contributed by atoms with E-state index in [1.54, 1.807) is 11.8 Å². The molecule has 2 rings (SSSR count). The maximum absolute atomic E-state index is 9.58. The molecule has 0 amide bonds. The molecule has 112 valence electrons. The lowest BCUT2D eigenvalue weighted by Crippen LogP contribution is -2.23. The Labute approximate surface area is 137 Å². The lowest BCUT2D eigenvalue weighted by atomic mass is 9.77. The second kappa shape index (κ2) is 8.93. The lowest BCUT2D eigenvalue weighted by Gasteiger charge is -2.19. The zero-order chi connectivity index (χ0) is 16.4. The molecule has 0 unspecified atom stereocenters. The van der Waals surface area contributed by atoms with Crippen molar-refractivity contribution in [3.8, 4) is 12.1 Å². The predicted molar refractivity (Wildman–Crippen MR) is 93.5 cm³/mol. The van der Waals surface area contributed by atoms with Crippen LogP contribution >= 0.6 is 11.8 Å². The van der Waals surface area contributed by atoms with Crippen LogP contribution in [-0.4, -0.2) is 6.26 Å². The number of nitriles is 2. The third-order valence-corrected chi connectivity index (χ3v) is 3.86. The van der Waals surface area contributed by atoms with Gasteiger partial charge in [0.25, 0.3) is 0 Å². The summed E-state index contributed by atoms with van der Waals surface area (Å²) in [5.41, 5.74) is 1.39. The second-order valence-corrected chi connectivity index (χ2v) is 5.34. The van der Waals surface area contributed by atoms with Gasteiger partial charge in [-0.15, -0.1) is 0 Å². The fourth-order valence-electron chi connectivity index (χ4n) is 2.16. The van der Waals surface area contributed by atoms with Crippen LogP contribution in [0, 0.1) is 22.7 Å². The van der Waals surface area contributed by atoms with Crippen LogP contribution in [0.5, 0.6) is 0 Å². The fourth-order valence-corrected chi connectivity index (χ4v) is 2.68. The van der Waals surface area contributed by atoms with Crippen LogP contribution in [0.4, 0.5) is 0 Å². The summed E-state index contributed by atoms with van der Waals surface area (Å²) in [6.07, 6.45) is 2.05. The number of hydrogen-bond acceptors (Lipinski definition) is 3. The van der Waals surface area contributed by atoms with Gasteiger partial charge in [-0.25, -0.2) is 0 Å². The number of nitrogens with zero attached hydrogens (tertiary/aromatic N) is 2. The summed E-state index contributed by atoms with van der Waals surface area (Å²) < 4.78 is 0. The zero-order valence-corrected chi connectivity index (χ0v) is 14.0. The minimum atomic E-state index is -1.24. The highest BCUT2D eigenvalue weighted by atomic mass is 32.2. The maximum Gasteiger partial charge on any atom is 0.193 e. The highest BCUT2D eigenvalue weighted by Crippen LogP contribution is 2.31. The van der Waals surface area contributed by atoms with Crippen molar-refractivity contribution in [1.82, 2.24) is 0 Å². The van der Waals surface area contributed by atoms with Crippen LogP contribution < -0.4 is 0 Å². The Morgan fingerprint density at radius 3 is 1.82 bits per heavy atom. The summed E-state index contributed by atoms with van der Waals surface area (Å²) in [7, 11) is 0. The highest BCUT2D eigenvalue weighted by Gasteiger charge is 2.34. The molecule has 0 aliphatic rings. The molecule has 22 heavy (non-hydrogen) atoms. The summed E-state index contributed by atoms with van der Waals surface area (Å²) in [6.45, 7) is 4.00. The van der Waals surface area contributed by atoms with Crippen LogP contribution in [-0.2, 0) is 11.2 Å². The van der Waals surface area contributed by atoms with Crippen molar-refractivity contribution in [3.63, 3.8) is 0 Å². The van der Waals surface area contributed by atoms with Crippen LogP contribution in [0.3, 0.4) is 0 Å². The third-order valence-electron chi connectivity index (χ3n) is 3.24. The zero-order valence-electron chi connectivity index (χ0n) is 13.2. The Hall–Kier alpha value is -2.23. The largest absolute Gasteiger partial charge is 0.196 e. The van der Waals surface area contributed by atoms with Crippen molar-refractivity contribution in [2.75, 3.05) is 6.26 Å². The molecule has 0 atom stereocenters. The van der Waals surface area contributed by atoms with Crippen molar-refractivity contribution in [1.29, 1.82) is 10.5 Å². The average molecular weight is 308 g/mol. The van der Waals surface area contributed by atoms with Crippen molar-refractivity contribution in [2.45, 2.75) is 25.0 Å². The average Bonchev–Trinajstić information content (AvgIpc) is 2.61. The first kappa shape index (κ1) is 17.8. The minimum Gasteiger partial charge on any atom is -0.196 e. The first-order valence-electron chi connectivity index (χ1n) is 7.23. The van der Waals surface area contributed by atoms with Gasteiger partial charge >= 0.3 is 0 Å². The van der Waals surface area contributed by atoms with Crippen molar-refractivity contribution in [3.05, 3.63) is 71.3 Å². The Bertz CT molecular complexity index is 635. The summed E-state index contributed by atoms with van der Waals surface area (Å²) in [5, 5.41) is 19.2. The molecule has 3 heteroatoms.